The van der Waals surface area contributed by atoms with E-state index in [1.54, 1.807) is 13.0 Å². The van der Waals surface area contributed by atoms with Crippen LogP contribution in [0.1, 0.15) is 42.6 Å². The summed E-state index contributed by atoms with van der Waals surface area (Å²) in [6.07, 6.45) is 0.241. The summed E-state index contributed by atoms with van der Waals surface area (Å²) < 4.78 is 38.8. The van der Waals surface area contributed by atoms with Gasteiger partial charge in [0.1, 0.15) is 6.54 Å². The van der Waals surface area contributed by atoms with Gasteiger partial charge >= 0.3 is 6.18 Å². The largest absolute Gasteiger partial charge is 0.408 e. The minimum atomic E-state index is -4.37. The van der Waals surface area contributed by atoms with Crippen molar-refractivity contribution in [2.24, 2.45) is 0 Å². The highest BCUT2D eigenvalue weighted by atomic mass is 19.4. The van der Waals surface area contributed by atoms with E-state index in [1.807, 2.05) is 24.3 Å². The predicted octanol–water partition coefficient (Wildman–Crippen LogP) is 3.97. The van der Waals surface area contributed by atoms with Crippen molar-refractivity contribution in [3.05, 3.63) is 59.5 Å². The van der Waals surface area contributed by atoms with Gasteiger partial charge in [-0.25, -0.2) is 0 Å². The van der Waals surface area contributed by atoms with Crippen molar-refractivity contribution in [1.29, 1.82) is 5.26 Å². The minimum absolute atomic E-state index is 0.177. The molecule has 0 spiro atoms. The Morgan fingerprint density at radius 2 is 2.00 bits per heavy atom. The van der Waals surface area contributed by atoms with E-state index in [2.05, 4.69) is 21.5 Å². The third-order valence-electron chi connectivity index (χ3n) is 5.53. The van der Waals surface area contributed by atoms with Crippen LogP contribution in [0.5, 0.6) is 0 Å². The Kier molecular flexibility index (Phi) is 5.17. The van der Waals surface area contributed by atoms with Crippen LogP contribution in [0.25, 0.3) is 10.9 Å². The van der Waals surface area contributed by atoms with Crippen molar-refractivity contribution in [3.8, 4) is 6.07 Å². The highest BCUT2D eigenvalue weighted by Gasteiger charge is 2.44. The van der Waals surface area contributed by atoms with Crippen molar-refractivity contribution in [1.82, 2.24) is 20.1 Å². The van der Waals surface area contributed by atoms with Crippen molar-refractivity contribution in [3.63, 3.8) is 0 Å². The van der Waals surface area contributed by atoms with Gasteiger partial charge in [-0.3, -0.25) is 14.5 Å². The van der Waals surface area contributed by atoms with Crippen molar-refractivity contribution in [2.45, 2.75) is 50.4 Å². The van der Waals surface area contributed by atoms with Gasteiger partial charge in [0.2, 0.25) is 5.91 Å². The zero-order valence-corrected chi connectivity index (χ0v) is 16.8. The maximum absolute atomic E-state index is 12.6. The first-order chi connectivity index (χ1) is 14.7. The molecule has 1 fully saturated rings. The Labute approximate surface area is 176 Å². The molecule has 1 saturated carbocycles. The lowest BCUT2D eigenvalue weighted by Crippen LogP contribution is -2.28. The van der Waals surface area contributed by atoms with E-state index in [4.69, 9.17) is 0 Å². The number of carbonyl (C=O) groups excluding carboxylic acids is 1. The molecule has 4 rings (SSSR count). The van der Waals surface area contributed by atoms with E-state index in [0.717, 1.165) is 28.7 Å². The van der Waals surface area contributed by atoms with Crippen LogP contribution in [-0.2, 0) is 23.2 Å². The Hall–Kier alpha value is -3.41. The van der Waals surface area contributed by atoms with E-state index in [1.165, 1.54) is 12.4 Å². The summed E-state index contributed by atoms with van der Waals surface area (Å²) in [7, 11) is 0. The molecule has 160 valence electrons. The number of benzene rings is 1. The molecule has 2 heterocycles. The van der Waals surface area contributed by atoms with Gasteiger partial charge < -0.3 is 5.32 Å². The van der Waals surface area contributed by atoms with Crippen LogP contribution in [0.3, 0.4) is 0 Å². The lowest BCUT2D eigenvalue weighted by atomic mass is 9.96. The smallest absolute Gasteiger partial charge is 0.348 e. The Balaban J connectivity index is 1.39. The Bertz CT molecular complexity index is 1160. The maximum Gasteiger partial charge on any atom is 0.408 e. The number of aromatic nitrogens is 3. The fourth-order valence-electron chi connectivity index (χ4n) is 3.61. The number of hydrogen-bond donors (Lipinski definition) is 1. The summed E-state index contributed by atoms with van der Waals surface area (Å²) in [5.41, 5.74) is 2.28. The van der Waals surface area contributed by atoms with E-state index in [-0.39, 0.29) is 23.3 Å². The summed E-state index contributed by atoms with van der Waals surface area (Å²) in [5, 5.41) is 16.4. The Morgan fingerprint density at radius 1 is 1.29 bits per heavy atom. The number of nitriles is 1. The second-order valence-electron chi connectivity index (χ2n) is 7.94. The molecule has 1 aliphatic carbocycles. The zero-order chi connectivity index (χ0) is 22.2. The average molecular weight is 427 g/mol. The quantitative estimate of drug-likeness (QED) is 0.645. The molecule has 2 aromatic heterocycles. The normalized spacial score (nSPS) is 16.0. The second kappa shape index (κ2) is 7.69. The summed E-state index contributed by atoms with van der Waals surface area (Å²) in [6, 6.07) is 11.1. The summed E-state index contributed by atoms with van der Waals surface area (Å²) in [4.78, 5) is 16.6. The first kappa shape index (κ1) is 20.8. The van der Waals surface area contributed by atoms with Gasteiger partial charge in [-0.1, -0.05) is 24.3 Å². The molecule has 0 bridgehead atoms. The molecule has 9 heteroatoms. The van der Waals surface area contributed by atoms with Gasteiger partial charge in [0, 0.05) is 5.39 Å². The molecule has 6 nitrogen and oxygen atoms in total. The van der Waals surface area contributed by atoms with Gasteiger partial charge in [0.25, 0.3) is 0 Å². The number of fused-ring (bicyclic) bond motifs is 1. The molecule has 0 saturated heterocycles. The van der Waals surface area contributed by atoms with Crippen LogP contribution in [0.4, 0.5) is 13.2 Å². The number of rotatable bonds is 6. The van der Waals surface area contributed by atoms with Crippen LogP contribution in [0, 0.1) is 11.3 Å². The van der Waals surface area contributed by atoms with Gasteiger partial charge in [-0.2, -0.15) is 23.5 Å². The van der Waals surface area contributed by atoms with E-state index >= 15 is 0 Å². The summed E-state index contributed by atoms with van der Waals surface area (Å²) in [6.45, 7) is 0.581. The molecule has 1 N–H and O–H groups in total. The molecular weight excluding hydrogens is 407 g/mol. The summed E-state index contributed by atoms with van der Waals surface area (Å²) >= 11 is 0. The Morgan fingerprint density at radius 3 is 2.61 bits per heavy atom. The van der Waals surface area contributed by atoms with Gasteiger partial charge in [-0.05, 0) is 37.0 Å². The van der Waals surface area contributed by atoms with Crippen molar-refractivity contribution in [2.75, 3.05) is 0 Å². The molecule has 1 amide bonds. The van der Waals surface area contributed by atoms with Crippen LogP contribution in [-0.4, -0.2) is 26.8 Å². The molecule has 1 aromatic carbocycles. The van der Waals surface area contributed by atoms with Gasteiger partial charge in [-0.15, -0.1) is 0 Å². The third-order valence-corrected chi connectivity index (χ3v) is 5.53. The zero-order valence-electron chi connectivity index (χ0n) is 16.8. The number of nitrogens with zero attached hydrogens (tertiary/aromatic N) is 4. The topological polar surface area (TPSA) is 83.6 Å². The molecule has 1 aliphatic rings. The molecule has 0 aliphatic heterocycles. The molecule has 31 heavy (non-hydrogen) atoms. The monoisotopic (exact) mass is 427 g/mol. The highest BCUT2D eigenvalue weighted by molar-refractivity contribution is 5.80. The predicted molar refractivity (Wildman–Crippen MR) is 107 cm³/mol. The number of halogens is 3. The fraction of sp³-hybridized carbons (Fsp3) is 0.364. The first-order valence-corrected chi connectivity index (χ1v) is 9.87. The number of nitrogens with one attached hydrogen (secondary N) is 1. The van der Waals surface area contributed by atoms with Gasteiger partial charge in [0.15, 0.2) is 0 Å². The van der Waals surface area contributed by atoms with Crippen LogP contribution >= 0.6 is 0 Å². The molecular formula is C22H20F3N5O. The molecule has 1 atom stereocenters. The lowest BCUT2D eigenvalue weighted by Gasteiger charge is -2.14. The second-order valence-corrected chi connectivity index (χ2v) is 7.94. The summed E-state index contributed by atoms with van der Waals surface area (Å²) in [5.74, 6) is -0.198. The van der Waals surface area contributed by atoms with E-state index < -0.39 is 18.8 Å². The number of amides is 1. The van der Waals surface area contributed by atoms with E-state index in [0.29, 0.717) is 11.1 Å². The van der Waals surface area contributed by atoms with E-state index in [9.17, 15) is 23.2 Å². The van der Waals surface area contributed by atoms with Crippen LogP contribution in [0.2, 0.25) is 0 Å². The SMILES string of the molecule is C[C@@H](NC(=O)Cc1ccc(C2(C#N)CC2)cc1)c1cc2cnn(CC(F)(F)F)c2cn1. The number of alkyl halides is 3. The first-order valence-electron chi connectivity index (χ1n) is 9.87. The molecule has 0 radical (unpaired) electrons. The average Bonchev–Trinajstić information content (AvgIpc) is 3.43. The number of hydrogen-bond acceptors (Lipinski definition) is 4. The van der Waals surface area contributed by atoms with Gasteiger partial charge in [0.05, 0.1) is 47.6 Å². The highest BCUT2D eigenvalue weighted by Crippen LogP contribution is 2.47. The van der Waals surface area contributed by atoms with Crippen molar-refractivity contribution < 1.29 is 18.0 Å². The van der Waals surface area contributed by atoms with Crippen LogP contribution < -0.4 is 5.32 Å². The molecule has 0 unspecified atom stereocenters. The number of carbonyl (C=O) groups is 1. The number of pyridine rings is 1. The maximum atomic E-state index is 12.6. The fourth-order valence-corrected chi connectivity index (χ4v) is 3.61. The minimum Gasteiger partial charge on any atom is -0.348 e. The van der Waals surface area contributed by atoms with Crippen molar-refractivity contribution >= 4 is 16.8 Å². The standard InChI is InChI=1S/C22H20F3N5O/c1-14(18-9-16-10-28-30(13-22(23,24)25)19(16)11-27-18)29-20(31)8-15-2-4-17(5-3-15)21(12-26)6-7-21/h2-5,9-11,14H,6-8,13H2,1H3,(H,29,31)/t14-/m1/s1. The lowest BCUT2D eigenvalue weighted by molar-refractivity contribution is -0.141. The third kappa shape index (κ3) is 4.53. The molecule has 3 aromatic rings. The van der Waals surface area contributed by atoms with Crippen LogP contribution in [0.15, 0.2) is 42.7 Å².